The minimum Gasteiger partial charge on any atom is -0.349 e. The molecule has 0 bridgehead atoms. The Kier molecular flexibility index (Phi) is 4.39. The van der Waals surface area contributed by atoms with Gasteiger partial charge in [-0.2, -0.15) is 0 Å². The van der Waals surface area contributed by atoms with E-state index in [-0.39, 0.29) is 0 Å². The molecule has 0 amide bonds. The van der Waals surface area contributed by atoms with Crippen molar-refractivity contribution >= 4 is 34.6 Å². The Hall–Kier alpha value is -1.62. The van der Waals surface area contributed by atoms with Gasteiger partial charge in [0, 0.05) is 6.54 Å². The lowest BCUT2D eigenvalue weighted by Crippen LogP contribution is -2.56. The van der Waals surface area contributed by atoms with Crippen LogP contribution in [0.1, 0.15) is 5.56 Å². The number of para-hydroxylation sites is 1. The molecule has 1 N–H and O–H groups in total. The maximum Gasteiger partial charge on any atom is 0.175 e. The summed E-state index contributed by atoms with van der Waals surface area (Å²) in [6.07, 6.45) is 0. The Balaban J connectivity index is 1.76. The molecule has 0 atom stereocenters. The van der Waals surface area contributed by atoms with Crippen LogP contribution in [-0.2, 0) is 6.54 Å². The van der Waals surface area contributed by atoms with Crippen LogP contribution in [0.15, 0.2) is 54.6 Å². The lowest BCUT2D eigenvalue weighted by Gasteiger charge is -2.38. The van der Waals surface area contributed by atoms with E-state index in [0.717, 1.165) is 25.6 Å². The van der Waals surface area contributed by atoms with Crippen molar-refractivity contribution in [3.05, 3.63) is 65.2 Å². The zero-order chi connectivity index (χ0) is 14.7. The van der Waals surface area contributed by atoms with Gasteiger partial charge in [-0.05, 0) is 29.9 Å². The van der Waals surface area contributed by atoms with Gasteiger partial charge in [-0.25, -0.2) is 0 Å². The Morgan fingerprint density at radius 3 is 2.52 bits per heavy atom. The number of hydrogen-bond acceptors (Lipinski definition) is 2. The lowest BCUT2D eigenvalue weighted by atomic mass is 10.2. The summed E-state index contributed by atoms with van der Waals surface area (Å²) in [6, 6.07) is 18.2. The van der Waals surface area contributed by atoms with Crippen molar-refractivity contribution in [3.63, 3.8) is 0 Å². The summed E-state index contributed by atoms with van der Waals surface area (Å²) in [5.74, 6) is 0. The van der Waals surface area contributed by atoms with E-state index >= 15 is 0 Å². The fourth-order valence-corrected chi connectivity index (χ4v) is 2.85. The van der Waals surface area contributed by atoms with Crippen molar-refractivity contribution in [2.24, 2.45) is 0 Å². The summed E-state index contributed by atoms with van der Waals surface area (Å²) in [5.41, 5.74) is 2.22. The van der Waals surface area contributed by atoms with Crippen LogP contribution in [0.2, 0.25) is 5.02 Å². The molecule has 2 aromatic carbocycles. The molecule has 1 saturated heterocycles. The molecule has 1 heterocycles. The molecule has 21 heavy (non-hydrogen) atoms. The average Bonchev–Trinajstić information content (AvgIpc) is 2.51. The number of rotatable bonds is 3. The zero-order valence-electron chi connectivity index (χ0n) is 11.5. The molecule has 0 aliphatic carbocycles. The number of nitrogens with zero attached hydrogens (tertiary/aromatic N) is 2. The molecule has 0 saturated carbocycles. The molecule has 2 aromatic rings. The molecule has 3 nitrogen and oxygen atoms in total. The highest BCUT2D eigenvalue weighted by molar-refractivity contribution is 7.80. The van der Waals surface area contributed by atoms with Gasteiger partial charge < -0.3 is 10.2 Å². The number of nitrogens with one attached hydrogen (secondary N) is 1. The van der Waals surface area contributed by atoms with E-state index in [1.807, 2.05) is 35.2 Å². The van der Waals surface area contributed by atoms with Crippen LogP contribution in [0.4, 0.5) is 5.69 Å². The number of halogens is 1. The van der Waals surface area contributed by atoms with E-state index in [1.54, 1.807) is 0 Å². The molecule has 1 aliphatic heterocycles. The van der Waals surface area contributed by atoms with Gasteiger partial charge in [-0.1, -0.05) is 54.1 Å². The standard InChI is InChI=1S/C16H16ClN3S/c17-14-8-4-5-9-15(14)20-12-19(11-18-16(20)21)10-13-6-2-1-3-7-13/h1-9H,10-12H2,(H,18,21). The summed E-state index contributed by atoms with van der Waals surface area (Å²) >= 11 is 11.7. The molecule has 0 radical (unpaired) electrons. The Morgan fingerprint density at radius 2 is 1.76 bits per heavy atom. The Morgan fingerprint density at radius 1 is 1.05 bits per heavy atom. The summed E-state index contributed by atoms with van der Waals surface area (Å²) in [4.78, 5) is 4.32. The van der Waals surface area contributed by atoms with Crippen LogP contribution in [-0.4, -0.2) is 23.3 Å². The van der Waals surface area contributed by atoms with Crippen LogP contribution in [0.5, 0.6) is 0 Å². The molecule has 0 unspecified atom stereocenters. The third kappa shape index (κ3) is 3.35. The molecule has 3 rings (SSSR count). The van der Waals surface area contributed by atoms with Gasteiger partial charge in [-0.3, -0.25) is 4.90 Å². The zero-order valence-corrected chi connectivity index (χ0v) is 13.1. The number of anilines is 1. The summed E-state index contributed by atoms with van der Waals surface area (Å²) in [5, 5.41) is 4.68. The average molecular weight is 318 g/mol. The van der Waals surface area contributed by atoms with Crippen LogP contribution in [0.3, 0.4) is 0 Å². The van der Waals surface area contributed by atoms with E-state index in [9.17, 15) is 0 Å². The smallest absolute Gasteiger partial charge is 0.175 e. The molecule has 0 aromatic heterocycles. The number of hydrogen-bond donors (Lipinski definition) is 1. The monoisotopic (exact) mass is 317 g/mol. The fraction of sp³-hybridized carbons (Fsp3) is 0.188. The first-order valence-corrected chi connectivity index (χ1v) is 7.59. The number of thiocarbonyl (C=S) groups is 1. The molecule has 1 fully saturated rings. The number of benzene rings is 2. The largest absolute Gasteiger partial charge is 0.349 e. The van der Waals surface area contributed by atoms with Crippen LogP contribution in [0, 0.1) is 0 Å². The topological polar surface area (TPSA) is 18.5 Å². The van der Waals surface area contributed by atoms with Gasteiger partial charge in [0.05, 0.1) is 24.0 Å². The second kappa shape index (κ2) is 6.43. The Bertz CT molecular complexity index is 632. The van der Waals surface area contributed by atoms with Gasteiger partial charge in [0.1, 0.15) is 0 Å². The van der Waals surface area contributed by atoms with Crippen molar-refractivity contribution in [1.29, 1.82) is 0 Å². The van der Waals surface area contributed by atoms with E-state index in [4.69, 9.17) is 23.8 Å². The van der Waals surface area contributed by atoms with Crippen LogP contribution >= 0.6 is 23.8 Å². The van der Waals surface area contributed by atoms with Crippen LogP contribution < -0.4 is 10.2 Å². The van der Waals surface area contributed by atoms with Crippen molar-refractivity contribution < 1.29 is 0 Å². The van der Waals surface area contributed by atoms with Gasteiger partial charge >= 0.3 is 0 Å². The molecule has 108 valence electrons. The summed E-state index contributed by atoms with van der Waals surface area (Å²) in [6.45, 7) is 2.34. The highest BCUT2D eigenvalue weighted by atomic mass is 35.5. The van der Waals surface area contributed by atoms with Crippen molar-refractivity contribution in [2.45, 2.75) is 6.54 Å². The highest BCUT2D eigenvalue weighted by Crippen LogP contribution is 2.26. The van der Waals surface area contributed by atoms with Gasteiger partial charge in [0.15, 0.2) is 5.11 Å². The molecular weight excluding hydrogens is 302 g/mol. The minimum absolute atomic E-state index is 0.711. The molecule has 0 spiro atoms. The minimum atomic E-state index is 0.711. The SMILES string of the molecule is S=C1NCN(Cc2ccccc2)CN1c1ccccc1Cl. The fourth-order valence-electron chi connectivity index (χ4n) is 2.39. The Labute approximate surface area is 135 Å². The molecular formula is C16H16ClN3S. The van der Waals surface area contributed by atoms with Gasteiger partial charge in [-0.15, -0.1) is 0 Å². The van der Waals surface area contributed by atoms with Crippen LogP contribution in [0.25, 0.3) is 0 Å². The molecule has 5 heteroatoms. The van der Waals surface area contributed by atoms with Crippen molar-refractivity contribution in [2.75, 3.05) is 18.2 Å². The maximum absolute atomic E-state index is 6.28. The van der Waals surface area contributed by atoms with Crippen molar-refractivity contribution in [1.82, 2.24) is 10.2 Å². The van der Waals surface area contributed by atoms with Gasteiger partial charge in [0.25, 0.3) is 0 Å². The third-order valence-electron chi connectivity index (χ3n) is 3.43. The van der Waals surface area contributed by atoms with E-state index in [0.29, 0.717) is 10.1 Å². The third-order valence-corrected chi connectivity index (χ3v) is 4.12. The second-order valence-electron chi connectivity index (χ2n) is 4.98. The van der Waals surface area contributed by atoms with Crippen molar-refractivity contribution in [3.8, 4) is 0 Å². The first-order valence-electron chi connectivity index (χ1n) is 6.80. The maximum atomic E-state index is 6.28. The normalized spacial score (nSPS) is 15.9. The first kappa shape index (κ1) is 14.3. The quantitative estimate of drug-likeness (QED) is 0.874. The predicted octanol–water partition coefficient (Wildman–Crippen LogP) is 3.45. The summed E-state index contributed by atoms with van der Waals surface area (Å²) in [7, 11) is 0. The first-order chi connectivity index (χ1) is 10.2. The lowest BCUT2D eigenvalue weighted by molar-refractivity contribution is 0.253. The summed E-state index contributed by atoms with van der Waals surface area (Å²) < 4.78 is 0. The predicted molar refractivity (Wildman–Crippen MR) is 91.4 cm³/mol. The molecule has 1 aliphatic rings. The van der Waals surface area contributed by atoms with E-state index < -0.39 is 0 Å². The highest BCUT2D eigenvalue weighted by Gasteiger charge is 2.23. The van der Waals surface area contributed by atoms with Gasteiger partial charge in [0.2, 0.25) is 0 Å². The van der Waals surface area contributed by atoms with E-state index in [1.165, 1.54) is 5.56 Å². The van der Waals surface area contributed by atoms with E-state index in [2.05, 4.69) is 34.5 Å². The second-order valence-corrected chi connectivity index (χ2v) is 5.77.